The summed E-state index contributed by atoms with van der Waals surface area (Å²) in [4.78, 5) is 9.47. The van der Waals surface area contributed by atoms with Crippen molar-refractivity contribution in [1.29, 1.82) is 0 Å². The van der Waals surface area contributed by atoms with E-state index in [1.54, 1.807) is 6.07 Å². The van der Waals surface area contributed by atoms with Crippen LogP contribution in [0.1, 0.15) is 13.3 Å². The zero-order chi connectivity index (χ0) is 22.1. The van der Waals surface area contributed by atoms with E-state index in [0.29, 0.717) is 29.5 Å². The van der Waals surface area contributed by atoms with Crippen molar-refractivity contribution in [3.8, 4) is 39.8 Å². The van der Waals surface area contributed by atoms with Crippen LogP contribution < -0.4 is 20.5 Å². The topological polar surface area (TPSA) is 103 Å². The second-order valence-corrected chi connectivity index (χ2v) is 7.76. The monoisotopic (exact) mass is 428 g/mol. The molecule has 0 aliphatic carbocycles. The third-order valence-corrected chi connectivity index (χ3v) is 5.60. The van der Waals surface area contributed by atoms with E-state index in [1.807, 2.05) is 54.6 Å². The van der Waals surface area contributed by atoms with Gasteiger partial charge in [-0.25, -0.2) is 9.97 Å². The first kappa shape index (κ1) is 20.1. The van der Waals surface area contributed by atoms with Crippen LogP contribution in [0.15, 0.2) is 60.7 Å². The minimum absolute atomic E-state index is 0.0231. The van der Waals surface area contributed by atoms with Gasteiger partial charge in [0.05, 0.1) is 11.1 Å². The Balaban J connectivity index is 1.58. The number of hydrogen-bond acceptors (Lipinski definition) is 7. The predicted octanol–water partition coefficient (Wildman–Crippen LogP) is 4.55. The molecule has 1 aliphatic rings. The molecule has 5 rings (SSSR count). The van der Waals surface area contributed by atoms with Crippen LogP contribution in [0.3, 0.4) is 0 Å². The van der Waals surface area contributed by atoms with E-state index in [4.69, 9.17) is 25.2 Å². The van der Waals surface area contributed by atoms with E-state index < -0.39 is 0 Å². The van der Waals surface area contributed by atoms with Gasteiger partial charge in [0.1, 0.15) is 11.6 Å². The lowest BCUT2D eigenvalue weighted by Crippen LogP contribution is -2.28. The van der Waals surface area contributed by atoms with Gasteiger partial charge in [-0.05, 0) is 53.9 Å². The van der Waals surface area contributed by atoms with Crippen LogP contribution in [0.2, 0.25) is 0 Å². The number of fused-ring (bicyclic) bond motifs is 2. The van der Waals surface area contributed by atoms with Crippen LogP contribution in [0.5, 0.6) is 17.2 Å². The minimum atomic E-state index is 0.0231. The molecule has 0 amide bonds. The number of aromatic hydroxyl groups is 1. The lowest BCUT2D eigenvalue weighted by atomic mass is 10.0. The Bertz CT molecular complexity index is 1290. The van der Waals surface area contributed by atoms with E-state index in [2.05, 4.69) is 12.2 Å². The number of nitrogens with one attached hydrogen (secondary N) is 1. The van der Waals surface area contributed by atoms with E-state index in [1.165, 1.54) is 0 Å². The van der Waals surface area contributed by atoms with Gasteiger partial charge in [0, 0.05) is 18.0 Å². The average Bonchev–Trinajstić information content (AvgIpc) is 3.30. The van der Waals surface area contributed by atoms with Gasteiger partial charge in [0.25, 0.3) is 0 Å². The van der Waals surface area contributed by atoms with E-state index in [-0.39, 0.29) is 18.6 Å². The van der Waals surface area contributed by atoms with Crippen molar-refractivity contribution in [2.45, 2.75) is 19.4 Å². The number of anilines is 1. The fraction of sp³-hybridized carbons (Fsp3) is 0.200. The summed E-state index contributed by atoms with van der Waals surface area (Å²) >= 11 is 0. The third-order valence-electron chi connectivity index (χ3n) is 5.60. The molecule has 0 radical (unpaired) electrons. The standard InChI is InChI=1S/C25H24N4O3/c1-2-17(26)13-27-24-18-5-3-4-6-20(18)28-25(29-24)19-11-15(7-9-21(19)30)16-8-10-22-23(12-16)32-14-31-22/h3-12,17,30H,2,13-14,26H2,1H3,(H,27,28,29). The number of nitrogens with two attached hydrogens (primary N) is 1. The zero-order valence-electron chi connectivity index (χ0n) is 17.7. The molecule has 1 atom stereocenters. The molecule has 0 spiro atoms. The van der Waals surface area contributed by atoms with Gasteiger partial charge < -0.3 is 25.6 Å². The average molecular weight is 428 g/mol. The maximum absolute atomic E-state index is 10.6. The van der Waals surface area contributed by atoms with Crippen molar-refractivity contribution in [3.05, 3.63) is 60.7 Å². The Kier molecular flexibility index (Phi) is 5.25. The minimum Gasteiger partial charge on any atom is -0.507 e. The van der Waals surface area contributed by atoms with Gasteiger partial charge in [-0.1, -0.05) is 31.2 Å². The Morgan fingerprint density at radius 1 is 1.00 bits per heavy atom. The van der Waals surface area contributed by atoms with E-state index in [9.17, 15) is 5.11 Å². The summed E-state index contributed by atoms with van der Waals surface area (Å²) in [6, 6.07) is 19.0. The first-order chi connectivity index (χ1) is 15.6. The summed E-state index contributed by atoms with van der Waals surface area (Å²) in [5.74, 6) is 2.68. The number of phenolic OH excluding ortho intramolecular Hbond substituents is 1. The van der Waals surface area contributed by atoms with Crippen LogP contribution in [-0.2, 0) is 0 Å². The quantitative estimate of drug-likeness (QED) is 0.414. The molecule has 32 heavy (non-hydrogen) atoms. The van der Waals surface area contributed by atoms with Crippen LogP contribution in [-0.4, -0.2) is 34.5 Å². The summed E-state index contributed by atoms with van der Waals surface area (Å²) in [5.41, 5.74) is 9.30. The molecular formula is C25H24N4O3. The lowest BCUT2D eigenvalue weighted by molar-refractivity contribution is 0.174. The summed E-state index contributed by atoms with van der Waals surface area (Å²) in [7, 11) is 0. The second kappa shape index (κ2) is 8.36. The number of hydrogen-bond donors (Lipinski definition) is 3. The van der Waals surface area contributed by atoms with Gasteiger partial charge >= 0.3 is 0 Å². The van der Waals surface area contributed by atoms with Gasteiger partial charge in [-0.15, -0.1) is 0 Å². The van der Waals surface area contributed by atoms with E-state index >= 15 is 0 Å². The molecule has 1 unspecified atom stereocenters. The smallest absolute Gasteiger partial charge is 0.231 e. The Morgan fingerprint density at radius 3 is 2.66 bits per heavy atom. The first-order valence-electron chi connectivity index (χ1n) is 10.6. The molecule has 0 saturated carbocycles. The zero-order valence-corrected chi connectivity index (χ0v) is 17.7. The van der Waals surface area contributed by atoms with Gasteiger partial charge in [-0.3, -0.25) is 0 Å². The highest BCUT2D eigenvalue weighted by atomic mass is 16.7. The number of aromatic nitrogens is 2. The largest absolute Gasteiger partial charge is 0.507 e. The van der Waals surface area contributed by atoms with Crippen LogP contribution in [0, 0.1) is 0 Å². The SMILES string of the molecule is CCC(N)CNc1nc(-c2cc(-c3ccc4c(c3)OCO4)ccc2O)nc2ccccc12. The molecule has 7 heteroatoms. The summed E-state index contributed by atoms with van der Waals surface area (Å²) in [6.07, 6.45) is 0.862. The highest BCUT2D eigenvalue weighted by molar-refractivity contribution is 5.91. The Hall–Kier alpha value is -3.84. The lowest BCUT2D eigenvalue weighted by Gasteiger charge is -2.15. The number of nitrogens with zero attached hydrogens (tertiary/aromatic N) is 2. The molecule has 1 aromatic heterocycles. The molecule has 0 bridgehead atoms. The van der Waals surface area contributed by atoms with Gasteiger partial charge in [-0.2, -0.15) is 0 Å². The summed E-state index contributed by atoms with van der Waals surface area (Å²) < 4.78 is 10.9. The van der Waals surface area contributed by atoms with Crippen molar-refractivity contribution >= 4 is 16.7 Å². The molecule has 0 fully saturated rings. The van der Waals surface area contributed by atoms with Gasteiger partial charge in [0.2, 0.25) is 6.79 Å². The molecule has 162 valence electrons. The number of para-hydroxylation sites is 1. The van der Waals surface area contributed by atoms with Crippen LogP contribution >= 0.6 is 0 Å². The van der Waals surface area contributed by atoms with Crippen LogP contribution in [0.25, 0.3) is 33.4 Å². The first-order valence-corrected chi connectivity index (χ1v) is 10.6. The van der Waals surface area contributed by atoms with Crippen molar-refractivity contribution in [2.75, 3.05) is 18.7 Å². The Morgan fingerprint density at radius 2 is 1.78 bits per heavy atom. The van der Waals surface area contributed by atoms with Crippen molar-refractivity contribution < 1.29 is 14.6 Å². The normalized spacial score (nSPS) is 13.3. The van der Waals surface area contributed by atoms with E-state index in [0.717, 1.165) is 34.2 Å². The summed E-state index contributed by atoms with van der Waals surface area (Å²) in [6.45, 7) is 2.87. The fourth-order valence-corrected chi connectivity index (χ4v) is 3.67. The molecular weight excluding hydrogens is 404 g/mol. The molecule has 7 nitrogen and oxygen atoms in total. The maximum Gasteiger partial charge on any atom is 0.231 e. The number of phenols is 1. The number of ether oxygens (including phenoxy) is 2. The fourth-order valence-electron chi connectivity index (χ4n) is 3.67. The molecule has 4 N–H and O–H groups in total. The number of benzene rings is 3. The van der Waals surface area contributed by atoms with Crippen molar-refractivity contribution in [2.24, 2.45) is 5.73 Å². The summed E-state index contributed by atoms with van der Waals surface area (Å²) in [5, 5.41) is 14.9. The second-order valence-electron chi connectivity index (χ2n) is 7.76. The maximum atomic E-state index is 10.6. The Labute approximate surface area is 185 Å². The highest BCUT2D eigenvalue weighted by Crippen LogP contribution is 2.38. The van der Waals surface area contributed by atoms with Crippen LogP contribution in [0.4, 0.5) is 5.82 Å². The molecule has 2 heterocycles. The molecule has 4 aromatic rings. The third kappa shape index (κ3) is 3.78. The van der Waals surface area contributed by atoms with Crippen molar-refractivity contribution in [3.63, 3.8) is 0 Å². The molecule has 1 aliphatic heterocycles. The van der Waals surface area contributed by atoms with Crippen molar-refractivity contribution in [1.82, 2.24) is 9.97 Å². The molecule has 0 saturated heterocycles. The molecule has 3 aromatic carbocycles. The van der Waals surface area contributed by atoms with Gasteiger partial charge in [0.15, 0.2) is 17.3 Å². The number of rotatable bonds is 6. The predicted molar refractivity (Wildman–Crippen MR) is 125 cm³/mol. The highest BCUT2D eigenvalue weighted by Gasteiger charge is 2.17.